The summed E-state index contributed by atoms with van der Waals surface area (Å²) in [6.45, 7) is 0.749. The molecule has 0 saturated carbocycles. The van der Waals surface area contributed by atoms with E-state index in [4.69, 9.17) is 11.6 Å². The van der Waals surface area contributed by atoms with Crippen molar-refractivity contribution < 1.29 is 4.79 Å². The van der Waals surface area contributed by atoms with E-state index in [9.17, 15) is 4.79 Å². The van der Waals surface area contributed by atoms with Gasteiger partial charge in [0.05, 0.1) is 0 Å². The molecule has 0 aliphatic carbocycles. The molecule has 0 spiro atoms. The first-order valence-corrected chi connectivity index (χ1v) is 4.63. The van der Waals surface area contributed by atoms with Crippen molar-refractivity contribution in [3.8, 4) is 0 Å². The van der Waals surface area contributed by atoms with Gasteiger partial charge in [0.2, 0.25) is 0 Å². The molecule has 2 rings (SSSR count). The Morgan fingerprint density at radius 3 is 3.00 bits per heavy atom. The first kappa shape index (κ1) is 8.73. The molecule has 1 aliphatic rings. The molecule has 0 aromatic heterocycles. The zero-order valence-corrected chi connectivity index (χ0v) is 7.84. The first-order chi connectivity index (χ1) is 6.26. The summed E-state index contributed by atoms with van der Waals surface area (Å²) in [4.78, 5) is 9.84. The van der Waals surface area contributed by atoms with E-state index in [2.05, 4.69) is 5.32 Å². The number of carbonyl (C=O) groups is 1. The van der Waals surface area contributed by atoms with Crippen LogP contribution in [0.1, 0.15) is 11.1 Å². The monoisotopic (exact) mass is 195 g/mol. The maximum absolute atomic E-state index is 10.8. The second-order valence-corrected chi connectivity index (χ2v) is 3.76. The van der Waals surface area contributed by atoms with E-state index in [1.165, 1.54) is 0 Å². The number of rotatable bonds is 1. The van der Waals surface area contributed by atoms with Gasteiger partial charge in [0.15, 0.2) is 11.3 Å². The van der Waals surface area contributed by atoms with Gasteiger partial charge in [-0.3, -0.25) is 10.1 Å². The van der Waals surface area contributed by atoms with Crippen LogP contribution in [0.5, 0.6) is 0 Å². The number of carbonyl (C=O) groups excluding carboxylic acids is 1. The number of nitrogens with one attached hydrogen (secondary N) is 1. The van der Waals surface area contributed by atoms with Crippen molar-refractivity contribution in [2.75, 3.05) is 6.54 Å². The summed E-state index contributed by atoms with van der Waals surface area (Å²) < 4.78 is 0. The van der Waals surface area contributed by atoms with Gasteiger partial charge in [0.25, 0.3) is 0 Å². The molecule has 3 heteroatoms. The maximum atomic E-state index is 10.8. The average Bonchev–Trinajstić information content (AvgIpc) is 2.19. The molecule has 1 aromatic carbocycles. The van der Waals surface area contributed by atoms with Crippen LogP contribution < -0.4 is 5.32 Å². The third kappa shape index (κ3) is 1.36. The SMILES string of the molecule is O=CC1(Cl)NCCc2ccccc21. The van der Waals surface area contributed by atoms with Crippen LogP contribution >= 0.6 is 11.6 Å². The summed E-state index contributed by atoms with van der Waals surface area (Å²) in [5.74, 6) is 0. The van der Waals surface area contributed by atoms with E-state index in [0.29, 0.717) is 0 Å². The minimum atomic E-state index is -1.01. The summed E-state index contributed by atoms with van der Waals surface area (Å²) in [6.07, 6.45) is 1.69. The Hall–Kier alpha value is -0.860. The Morgan fingerprint density at radius 1 is 1.46 bits per heavy atom. The molecule has 1 N–H and O–H groups in total. The highest BCUT2D eigenvalue weighted by atomic mass is 35.5. The normalized spacial score (nSPS) is 26.5. The highest BCUT2D eigenvalue weighted by Crippen LogP contribution is 2.30. The predicted molar refractivity (Wildman–Crippen MR) is 51.7 cm³/mol. The molecule has 13 heavy (non-hydrogen) atoms. The van der Waals surface area contributed by atoms with Crippen LogP contribution in [-0.4, -0.2) is 12.8 Å². The topological polar surface area (TPSA) is 29.1 Å². The Labute approximate surface area is 81.9 Å². The molecule has 1 atom stereocenters. The van der Waals surface area contributed by atoms with Gasteiger partial charge in [0, 0.05) is 6.54 Å². The number of fused-ring (bicyclic) bond motifs is 1. The van der Waals surface area contributed by atoms with Gasteiger partial charge in [-0.15, -0.1) is 0 Å². The van der Waals surface area contributed by atoms with Crippen LogP contribution in [0.3, 0.4) is 0 Å². The van der Waals surface area contributed by atoms with Crippen molar-refractivity contribution in [1.29, 1.82) is 0 Å². The molecule has 0 bridgehead atoms. The number of alkyl halides is 1. The fourth-order valence-electron chi connectivity index (χ4n) is 1.67. The molecular formula is C10H10ClNO. The van der Waals surface area contributed by atoms with Crippen molar-refractivity contribution in [2.45, 2.75) is 11.4 Å². The molecular weight excluding hydrogens is 186 g/mol. The van der Waals surface area contributed by atoms with E-state index in [1.807, 2.05) is 24.3 Å². The Bertz CT molecular complexity index is 339. The minimum Gasteiger partial charge on any atom is -0.299 e. The standard InChI is InChI=1S/C10H10ClNO/c11-10(7-13)9-4-2-1-3-8(9)5-6-12-10/h1-4,7,12H,5-6H2. The second kappa shape index (κ2) is 3.13. The summed E-state index contributed by atoms with van der Waals surface area (Å²) in [5.41, 5.74) is 2.04. The second-order valence-electron chi connectivity index (χ2n) is 3.16. The zero-order chi connectivity index (χ0) is 9.31. The summed E-state index contributed by atoms with van der Waals surface area (Å²) in [7, 11) is 0. The smallest absolute Gasteiger partial charge is 0.175 e. The fraction of sp³-hybridized carbons (Fsp3) is 0.300. The largest absolute Gasteiger partial charge is 0.299 e. The molecule has 68 valence electrons. The lowest BCUT2D eigenvalue weighted by Gasteiger charge is -2.29. The van der Waals surface area contributed by atoms with E-state index >= 15 is 0 Å². The van der Waals surface area contributed by atoms with E-state index in [-0.39, 0.29) is 0 Å². The van der Waals surface area contributed by atoms with E-state index < -0.39 is 5.00 Å². The molecule has 0 amide bonds. The predicted octanol–water partition coefficient (Wildman–Crippen LogP) is 1.42. The fourth-order valence-corrected chi connectivity index (χ4v) is 1.95. The number of halogens is 1. The summed E-state index contributed by atoms with van der Waals surface area (Å²) in [5, 5.41) is 3.00. The number of aldehydes is 1. The van der Waals surface area contributed by atoms with Gasteiger partial charge in [0.1, 0.15) is 0 Å². The highest BCUT2D eigenvalue weighted by molar-refractivity contribution is 6.31. The van der Waals surface area contributed by atoms with Crippen molar-refractivity contribution in [3.63, 3.8) is 0 Å². The van der Waals surface area contributed by atoms with Gasteiger partial charge >= 0.3 is 0 Å². The van der Waals surface area contributed by atoms with Gasteiger partial charge in [-0.05, 0) is 17.5 Å². The Kier molecular flexibility index (Phi) is 2.10. The van der Waals surface area contributed by atoms with Crippen LogP contribution in [0.4, 0.5) is 0 Å². The Morgan fingerprint density at radius 2 is 2.23 bits per heavy atom. The van der Waals surface area contributed by atoms with Crippen molar-refractivity contribution in [1.82, 2.24) is 5.32 Å². The van der Waals surface area contributed by atoms with Crippen LogP contribution in [-0.2, 0) is 16.2 Å². The van der Waals surface area contributed by atoms with Gasteiger partial charge in [-0.25, -0.2) is 0 Å². The van der Waals surface area contributed by atoms with Crippen molar-refractivity contribution >= 4 is 17.9 Å². The first-order valence-electron chi connectivity index (χ1n) is 4.25. The van der Waals surface area contributed by atoms with Crippen LogP contribution in [0.25, 0.3) is 0 Å². The maximum Gasteiger partial charge on any atom is 0.175 e. The molecule has 1 aromatic rings. The quantitative estimate of drug-likeness (QED) is 0.417. The van der Waals surface area contributed by atoms with Crippen molar-refractivity contribution in [3.05, 3.63) is 35.4 Å². The third-order valence-electron chi connectivity index (χ3n) is 2.35. The van der Waals surface area contributed by atoms with Crippen LogP contribution in [0.2, 0.25) is 0 Å². The summed E-state index contributed by atoms with van der Waals surface area (Å²) >= 11 is 6.11. The lowest BCUT2D eigenvalue weighted by atomic mass is 9.95. The molecule has 2 nitrogen and oxygen atoms in total. The summed E-state index contributed by atoms with van der Waals surface area (Å²) in [6, 6.07) is 7.76. The lowest BCUT2D eigenvalue weighted by Crippen LogP contribution is -2.44. The van der Waals surface area contributed by atoms with Gasteiger partial charge in [-0.1, -0.05) is 35.9 Å². The van der Waals surface area contributed by atoms with Gasteiger partial charge < -0.3 is 0 Å². The van der Waals surface area contributed by atoms with Crippen LogP contribution in [0.15, 0.2) is 24.3 Å². The average molecular weight is 196 g/mol. The lowest BCUT2D eigenvalue weighted by molar-refractivity contribution is -0.111. The highest BCUT2D eigenvalue weighted by Gasteiger charge is 2.33. The molecule has 1 unspecified atom stereocenters. The van der Waals surface area contributed by atoms with Gasteiger partial charge in [-0.2, -0.15) is 0 Å². The molecule has 1 heterocycles. The number of benzene rings is 1. The van der Waals surface area contributed by atoms with Crippen LogP contribution in [0, 0.1) is 0 Å². The molecule has 0 fully saturated rings. The third-order valence-corrected chi connectivity index (χ3v) is 2.77. The zero-order valence-electron chi connectivity index (χ0n) is 7.09. The number of hydrogen-bond donors (Lipinski definition) is 1. The molecule has 1 aliphatic heterocycles. The van der Waals surface area contributed by atoms with E-state index in [0.717, 1.165) is 30.4 Å². The Balaban J connectivity index is 2.54. The van der Waals surface area contributed by atoms with E-state index in [1.54, 1.807) is 0 Å². The van der Waals surface area contributed by atoms with Crippen molar-refractivity contribution in [2.24, 2.45) is 0 Å². The molecule has 0 saturated heterocycles. The minimum absolute atomic E-state index is 0.749. The number of hydrogen-bond acceptors (Lipinski definition) is 2. The molecule has 0 radical (unpaired) electrons.